The highest BCUT2D eigenvalue weighted by Crippen LogP contribution is 2.28. The first-order chi connectivity index (χ1) is 9.74. The molecule has 0 aliphatic heterocycles. The molecule has 0 aliphatic rings. The Balaban J connectivity index is 1.88. The summed E-state index contributed by atoms with van der Waals surface area (Å²) in [6, 6.07) is 18.3. The van der Waals surface area contributed by atoms with Crippen LogP contribution in [0.4, 0.5) is 0 Å². The van der Waals surface area contributed by atoms with Gasteiger partial charge in [-0.2, -0.15) is 5.10 Å². The number of alkyl halides is 1. The Labute approximate surface area is 123 Å². The van der Waals surface area contributed by atoms with Gasteiger partial charge >= 0.3 is 0 Å². The van der Waals surface area contributed by atoms with E-state index in [1.807, 2.05) is 47.4 Å². The van der Waals surface area contributed by atoms with Gasteiger partial charge in [0.15, 0.2) is 0 Å². The van der Waals surface area contributed by atoms with E-state index in [4.69, 9.17) is 11.6 Å². The van der Waals surface area contributed by atoms with E-state index < -0.39 is 0 Å². The predicted molar refractivity (Wildman–Crippen MR) is 82.4 cm³/mol. The Hall–Kier alpha value is -2.06. The minimum atomic E-state index is -0.173. The van der Waals surface area contributed by atoms with Crippen LogP contribution in [0.3, 0.4) is 0 Å². The fourth-order valence-corrected chi connectivity index (χ4v) is 2.38. The van der Waals surface area contributed by atoms with Crippen molar-refractivity contribution in [2.75, 3.05) is 0 Å². The lowest BCUT2D eigenvalue weighted by molar-refractivity contribution is 0.880. The standard InChI is InChI=1S/C17H15ClN2/c1-13-7-9-14(10-8-13)17(18)15-11-19-20(12-15)16-5-3-2-4-6-16/h2-12,17H,1H3. The van der Waals surface area contributed by atoms with Gasteiger partial charge in [-0.15, -0.1) is 11.6 Å². The van der Waals surface area contributed by atoms with E-state index in [9.17, 15) is 0 Å². The Morgan fingerprint density at radius 1 is 0.950 bits per heavy atom. The average Bonchev–Trinajstić information content (AvgIpc) is 2.98. The molecule has 0 bridgehead atoms. The van der Waals surface area contributed by atoms with Gasteiger partial charge in [-0.3, -0.25) is 0 Å². The normalized spacial score (nSPS) is 12.3. The Bertz CT molecular complexity index is 687. The molecular weight excluding hydrogens is 268 g/mol. The summed E-state index contributed by atoms with van der Waals surface area (Å²) in [5, 5.41) is 4.21. The van der Waals surface area contributed by atoms with Crippen LogP contribution in [0.15, 0.2) is 67.0 Å². The largest absolute Gasteiger partial charge is 0.241 e. The summed E-state index contributed by atoms with van der Waals surface area (Å²) in [5.41, 5.74) is 4.35. The van der Waals surface area contributed by atoms with E-state index >= 15 is 0 Å². The monoisotopic (exact) mass is 282 g/mol. The number of aryl methyl sites for hydroxylation is 1. The predicted octanol–water partition coefficient (Wildman–Crippen LogP) is 4.51. The molecule has 3 rings (SSSR count). The summed E-state index contributed by atoms with van der Waals surface area (Å²) in [6.45, 7) is 2.07. The Kier molecular flexibility index (Phi) is 3.57. The molecule has 0 amide bonds. The Morgan fingerprint density at radius 3 is 2.35 bits per heavy atom. The molecule has 3 heteroatoms. The summed E-state index contributed by atoms with van der Waals surface area (Å²) in [4.78, 5) is 0. The lowest BCUT2D eigenvalue weighted by atomic mass is 10.1. The van der Waals surface area contributed by atoms with Crippen LogP contribution in [-0.2, 0) is 0 Å². The molecule has 1 aromatic heterocycles. The maximum atomic E-state index is 6.53. The van der Waals surface area contributed by atoms with Gasteiger partial charge in [-0.25, -0.2) is 4.68 Å². The summed E-state index contributed by atoms with van der Waals surface area (Å²) in [7, 11) is 0. The van der Waals surface area contributed by atoms with Gasteiger partial charge in [0.1, 0.15) is 0 Å². The van der Waals surface area contributed by atoms with Crippen molar-refractivity contribution in [1.82, 2.24) is 9.78 Å². The first kappa shape index (κ1) is 12.9. The molecule has 0 spiro atoms. The number of halogens is 1. The van der Waals surface area contributed by atoms with Crippen LogP contribution >= 0.6 is 11.6 Å². The Morgan fingerprint density at radius 2 is 1.65 bits per heavy atom. The summed E-state index contributed by atoms with van der Waals surface area (Å²) < 4.78 is 1.85. The minimum Gasteiger partial charge on any atom is -0.241 e. The molecule has 0 fully saturated rings. The SMILES string of the molecule is Cc1ccc(C(Cl)c2cnn(-c3ccccc3)c2)cc1. The molecule has 3 aromatic rings. The number of benzene rings is 2. The van der Waals surface area contributed by atoms with Crippen LogP contribution in [0, 0.1) is 6.92 Å². The van der Waals surface area contributed by atoms with E-state index in [0.29, 0.717) is 0 Å². The van der Waals surface area contributed by atoms with E-state index in [1.54, 1.807) is 0 Å². The number of hydrogen-bond donors (Lipinski definition) is 0. The molecule has 1 heterocycles. The number of aromatic nitrogens is 2. The zero-order valence-electron chi connectivity index (χ0n) is 11.2. The summed E-state index contributed by atoms with van der Waals surface area (Å²) >= 11 is 6.53. The second-order valence-corrected chi connectivity index (χ2v) is 5.26. The molecule has 2 nitrogen and oxygen atoms in total. The highest BCUT2D eigenvalue weighted by atomic mass is 35.5. The zero-order chi connectivity index (χ0) is 13.9. The molecule has 1 atom stereocenters. The third-order valence-electron chi connectivity index (χ3n) is 3.29. The molecule has 20 heavy (non-hydrogen) atoms. The van der Waals surface area contributed by atoms with E-state index in [0.717, 1.165) is 16.8 Å². The van der Waals surface area contributed by atoms with Crippen molar-refractivity contribution in [3.8, 4) is 5.69 Å². The van der Waals surface area contributed by atoms with Crippen molar-refractivity contribution in [2.45, 2.75) is 12.3 Å². The van der Waals surface area contributed by atoms with Crippen LogP contribution in [0.1, 0.15) is 22.1 Å². The zero-order valence-corrected chi connectivity index (χ0v) is 12.0. The molecule has 0 radical (unpaired) electrons. The molecule has 100 valence electrons. The van der Waals surface area contributed by atoms with Crippen molar-refractivity contribution in [3.05, 3.63) is 83.7 Å². The number of rotatable bonds is 3. The number of hydrogen-bond acceptors (Lipinski definition) is 1. The highest BCUT2D eigenvalue weighted by Gasteiger charge is 2.13. The van der Waals surface area contributed by atoms with E-state index in [1.165, 1.54) is 5.56 Å². The van der Waals surface area contributed by atoms with Crippen molar-refractivity contribution in [3.63, 3.8) is 0 Å². The molecule has 1 unspecified atom stereocenters. The molecular formula is C17H15ClN2. The minimum absolute atomic E-state index is 0.173. The first-order valence-electron chi connectivity index (χ1n) is 6.54. The molecule has 0 N–H and O–H groups in total. The second-order valence-electron chi connectivity index (χ2n) is 4.83. The van der Waals surface area contributed by atoms with Gasteiger partial charge in [0, 0.05) is 11.8 Å². The number of para-hydroxylation sites is 1. The third kappa shape index (κ3) is 2.61. The molecule has 0 saturated heterocycles. The quantitative estimate of drug-likeness (QED) is 0.646. The van der Waals surface area contributed by atoms with Gasteiger partial charge in [0.25, 0.3) is 0 Å². The first-order valence-corrected chi connectivity index (χ1v) is 6.98. The second kappa shape index (κ2) is 5.51. The maximum Gasteiger partial charge on any atom is 0.0865 e. The van der Waals surface area contributed by atoms with Crippen molar-refractivity contribution in [2.24, 2.45) is 0 Å². The molecule has 0 aliphatic carbocycles. The molecule has 0 saturated carbocycles. The fourth-order valence-electron chi connectivity index (χ4n) is 2.12. The maximum absolute atomic E-state index is 6.53. The van der Waals surface area contributed by atoms with Crippen LogP contribution in [0.5, 0.6) is 0 Å². The van der Waals surface area contributed by atoms with E-state index in [2.05, 4.69) is 36.3 Å². The van der Waals surface area contributed by atoms with Crippen molar-refractivity contribution >= 4 is 11.6 Å². The van der Waals surface area contributed by atoms with Gasteiger partial charge < -0.3 is 0 Å². The lowest BCUT2D eigenvalue weighted by Gasteiger charge is -2.07. The van der Waals surface area contributed by atoms with Gasteiger partial charge in [-0.1, -0.05) is 48.0 Å². The van der Waals surface area contributed by atoms with Crippen molar-refractivity contribution < 1.29 is 0 Å². The third-order valence-corrected chi connectivity index (χ3v) is 3.79. The summed E-state index contributed by atoms with van der Waals surface area (Å²) in [6.07, 6.45) is 3.80. The van der Waals surface area contributed by atoms with E-state index in [-0.39, 0.29) is 5.38 Å². The van der Waals surface area contributed by atoms with Crippen LogP contribution in [0.2, 0.25) is 0 Å². The highest BCUT2D eigenvalue weighted by molar-refractivity contribution is 6.22. The van der Waals surface area contributed by atoms with Crippen molar-refractivity contribution in [1.29, 1.82) is 0 Å². The fraction of sp³-hybridized carbons (Fsp3) is 0.118. The lowest BCUT2D eigenvalue weighted by Crippen LogP contribution is -1.94. The number of nitrogens with zero attached hydrogens (tertiary/aromatic N) is 2. The van der Waals surface area contributed by atoms with Gasteiger partial charge in [-0.05, 0) is 24.6 Å². The van der Waals surface area contributed by atoms with Gasteiger partial charge in [0.2, 0.25) is 0 Å². The average molecular weight is 283 g/mol. The topological polar surface area (TPSA) is 17.8 Å². The molecule has 2 aromatic carbocycles. The summed E-state index contributed by atoms with van der Waals surface area (Å²) in [5.74, 6) is 0. The smallest absolute Gasteiger partial charge is 0.0865 e. The van der Waals surface area contributed by atoms with Crippen LogP contribution in [0.25, 0.3) is 5.69 Å². The van der Waals surface area contributed by atoms with Gasteiger partial charge in [0.05, 0.1) is 17.3 Å². The van der Waals surface area contributed by atoms with Crippen LogP contribution in [-0.4, -0.2) is 9.78 Å². The van der Waals surface area contributed by atoms with Crippen LogP contribution < -0.4 is 0 Å².